The number of aliphatic hydroxyl groups is 2. The van der Waals surface area contributed by atoms with Crippen LogP contribution in [-0.2, 0) is 39.2 Å². The Hall–Kier alpha value is -3.15. The molecule has 3 unspecified atom stereocenters. The van der Waals surface area contributed by atoms with Crippen LogP contribution in [0.15, 0.2) is 41.5 Å². The Balaban J connectivity index is 1.51. The quantitative estimate of drug-likeness (QED) is 0.0878. The van der Waals surface area contributed by atoms with E-state index in [4.69, 9.17) is 24.3 Å². The first-order valence-corrected chi connectivity index (χ1v) is 16.0. The van der Waals surface area contributed by atoms with Crippen LogP contribution in [0, 0.1) is 5.41 Å². The van der Waals surface area contributed by atoms with E-state index in [1.807, 2.05) is 18.2 Å². The molecule has 0 amide bonds. The van der Waals surface area contributed by atoms with Gasteiger partial charge in [-0.2, -0.15) is 4.98 Å². The molecule has 5 atom stereocenters. The molecule has 1 aliphatic heterocycles. The number of fused-ring (bicyclic) bond motifs is 1. The van der Waals surface area contributed by atoms with Crippen molar-refractivity contribution in [3.05, 3.63) is 52.6 Å². The number of carbonyl (C=O) groups is 2. The number of benzene rings is 1. The SMILES string of the molecule is CC(C)(CO)C(=O)SCCOP(=O)(NCc1ccccc1)OC[C@H]1O[C@@H](n2cnc3c(=O)[nH]c(N)nc32)C(C)(OC=O)C1O. The van der Waals surface area contributed by atoms with Gasteiger partial charge < -0.3 is 25.4 Å². The van der Waals surface area contributed by atoms with Crippen molar-refractivity contribution in [1.29, 1.82) is 0 Å². The maximum atomic E-state index is 13.8. The highest BCUT2D eigenvalue weighted by atomic mass is 32.2. The van der Waals surface area contributed by atoms with Crippen molar-refractivity contribution < 1.29 is 42.9 Å². The Kier molecular flexibility index (Phi) is 10.6. The van der Waals surface area contributed by atoms with Crippen molar-refractivity contribution in [3.8, 4) is 0 Å². The lowest BCUT2D eigenvalue weighted by Crippen LogP contribution is -2.46. The molecule has 4 rings (SSSR count). The fourth-order valence-electron chi connectivity index (χ4n) is 4.34. The fourth-order valence-corrected chi connectivity index (χ4v) is 6.58. The zero-order valence-electron chi connectivity index (χ0n) is 24.2. The number of nitrogens with zero attached hydrogens (tertiary/aromatic N) is 3. The first kappa shape index (κ1) is 33.7. The van der Waals surface area contributed by atoms with Crippen molar-refractivity contribution in [2.75, 3.05) is 31.3 Å². The van der Waals surface area contributed by atoms with Gasteiger partial charge in [0, 0.05) is 12.3 Å². The summed E-state index contributed by atoms with van der Waals surface area (Å²) in [6, 6.07) is 9.06. The first-order chi connectivity index (χ1) is 20.8. The third-order valence-corrected chi connectivity index (χ3v) is 9.74. The monoisotopic (exact) mass is 654 g/mol. The molecule has 0 radical (unpaired) electrons. The molecule has 6 N–H and O–H groups in total. The van der Waals surface area contributed by atoms with Gasteiger partial charge in [-0.25, -0.2) is 14.6 Å². The van der Waals surface area contributed by atoms with Crippen LogP contribution in [0.3, 0.4) is 0 Å². The third kappa shape index (κ3) is 7.38. The van der Waals surface area contributed by atoms with Crippen LogP contribution in [0.4, 0.5) is 5.95 Å². The summed E-state index contributed by atoms with van der Waals surface area (Å²) in [5.74, 6) is -0.0652. The van der Waals surface area contributed by atoms with Crippen molar-refractivity contribution in [2.45, 2.75) is 51.4 Å². The number of hydrogen-bond donors (Lipinski definition) is 5. The second-order valence-electron chi connectivity index (χ2n) is 10.8. The smallest absolute Gasteiger partial charge is 0.405 e. The summed E-state index contributed by atoms with van der Waals surface area (Å²) in [7, 11) is -4.08. The molecule has 3 aromatic rings. The summed E-state index contributed by atoms with van der Waals surface area (Å²) in [5, 5.41) is 23.2. The van der Waals surface area contributed by atoms with E-state index in [-0.39, 0.29) is 54.2 Å². The van der Waals surface area contributed by atoms with Gasteiger partial charge in [-0.15, -0.1) is 0 Å². The highest BCUT2D eigenvalue weighted by molar-refractivity contribution is 8.13. The van der Waals surface area contributed by atoms with Crippen LogP contribution in [0.1, 0.15) is 32.6 Å². The number of thioether (sulfide) groups is 1. The third-order valence-electron chi connectivity index (χ3n) is 6.99. The van der Waals surface area contributed by atoms with Crippen LogP contribution < -0.4 is 16.4 Å². The number of aromatic nitrogens is 4. The molecule has 1 aromatic carbocycles. The molecule has 0 aliphatic carbocycles. The average Bonchev–Trinajstić information content (AvgIpc) is 3.52. The predicted molar refractivity (Wildman–Crippen MR) is 159 cm³/mol. The van der Waals surface area contributed by atoms with E-state index in [2.05, 4.69) is 20.0 Å². The maximum Gasteiger partial charge on any atom is 0.405 e. The minimum absolute atomic E-state index is 0.0145. The molecule has 1 aliphatic rings. The molecule has 240 valence electrons. The van der Waals surface area contributed by atoms with E-state index in [1.165, 1.54) is 17.8 Å². The van der Waals surface area contributed by atoms with E-state index in [0.717, 1.165) is 17.3 Å². The second kappa shape index (κ2) is 13.9. The number of nitrogens with one attached hydrogen (secondary N) is 2. The number of rotatable bonds is 15. The van der Waals surface area contributed by atoms with Crippen LogP contribution in [0.25, 0.3) is 11.2 Å². The van der Waals surface area contributed by atoms with E-state index in [0.29, 0.717) is 0 Å². The van der Waals surface area contributed by atoms with E-state index in [9.17, 15) is 29.2 Å². The second-order valence-corrected chi connectivity index (χ2v) is 13.7. The van der Waals surface area contributed by atoms with Gasteiger partial charge >= 0.3 is 7.75 Å². The Labute approximate surface area is 256 Å². The van der Waals surface area contributed by atoms with Crippen LogP contribution in [-0.4, -0.2) is 84.7 Å². The molecule has 44 heavy (non-hydrogen) atoms. The van der Waals surface area contributed by atoms with E-state index >= 15 is 0 Å². The van der Waals surface area contributed by atoms with Crippen molar-refractivity contribution in [1.82, 2.24) is 24.6 Å². The molecule has 18 heteroatoms. The number of anilines is 1. The minimum Gasteiger partial charge on any atom is -0.454 e. The number of aromatic amines is 1. The van der Waals surface area contributed by atoms with Gasteiger partial charge in [0.1, 0.15) is 12.2 Å². The highest BCUT2D eigenvalue weighted by Crippen LogP contribution is 2.47. The lowest BCUT2D eigenvalue weighted by molar-refractivity contribution is -0.162. The zero-order chi connectivity index (χ0) is 32.1. The lowest BCUT2D eigenvalue weighted by atomic mass is 9.96. The van der Waals surface area contributed by atoms with Crippen LogP contribution >= 0.6 is 19.5 Å². The molecule has 0 spiro atoms. The van der Waals surface area contributed by atoms with Gasteiger partial charge in [0.2, 0.25) is 5.95 Å². The summed E-state index contributed by atoms with van der Waals surface area (Å²) in [6.45, 7) is 3.91. The van der Waals surface area contributed by atoms with Gasteiger partial charge in [-0.05, 0) is 26.3 Å². The molecule has 2 aromatic heterocycles. The average molecular weight is 655 g/mol. The fraction of sp³-hybridized carbons (Fsp3) is 0.500. The van der Waals surface area contributed by atoms with Gasteiger partial charge in [0.15, 0.2) is 28.1 Å². The van der Waals surface area contributed by atoms with Gasteiger partial charge in [-0.3, -0.25) is 33.0 Å². The van der Waals surface area contributed by atoms with E-state index < -0.39 is 49.4 Å². The molecule has 1 fully saturated rings. The van der Waals surface area contributed by atoms with Crippen molar-refractivity contribution in [3.63, 3.8) is 0 Å². The standard InChI is InChI=1S/C26H35N6O10PS/c1-25(2,13-33)23(37)44-10-9-40-43(38,29-11-16-7-5-4-6-8-16)41-12-17-19(35)26(3,39-15-34)22(42-17)32-14-28-18-20(32)30-24(27)31-21(18)36/h4-8,14-15,17,19,22,33,35H,9-13H2,1-3H3,(H,29,38)(H3,27,30,31,36)/t17-,19?,22-,26?,43?/m1/s1. The molecule has 3 heterocycles. The molecule has 1 saturated heterocycles. The lowest BCUT2D eigenvalue weighted by Gasteiger charge is -2.31. The van der Waals surface area contributed by atoms with Crippen molar-refractivity contribution in [2.24, 2.45) is 5.41 Å². The Morgan fingerprint density at radius 2 is 2.07 bits per heavy atom. The molecule has 16 nitrogen and oxygen atoms in total. The summed E-state index contributed by atoms with van der Waals surface area (Å²) in [5.41, 5.74) is 3.16. The summed E-state index contributed by atoms with van der Waals surface area (Å²) in [6.07, 6.45) is -2.74. The summed E-state index contributed by atoms with van der Waals surface area (Å²) < 4.78 is 37.7. The number of hydrogen-bond acceptors (Lipinski definition) is 14. The number of H-pyrrole nitrogens is 1. The molecular weight excluding hydrogens is 619 g/mol. The Morgan fingerprint density at radius 1 is 1.34 bits per heavy atom. The number of nitrogen functional groups attached to an aromatic ring is 1. The highest BCUT2D eigenvalue weighted by Gasteiger charge is 2.57. The Bertz CT molecular complexity index is 1570. The zero-order valence-corrected chi connectivity index (χ0v) is 26.0. The Morgan fingerprint density at radius 3 is 2.75 bits per heavy atom. The largest absolute Gasteiger partial charge is 0.454 e. The van der Waals surface area contributed by atoms with Gasteiger partial charge in [0.05, 0.1) is 31.6 Å². The number of nitrogens with two attached hydrogens (primary N) is 1. The van der Waals surface area contributed by atoms with Crippen LogP contribution in [0.5, 0.6) is 0 Å². The van der Waals surface area contributed by atoms with Gasteiger partial charge in [0.25, 0.3) is 12.0 Å². The van der Waals surface area contributed by atoms with Gasteiger partial charge in [-0.1, -0.05) is 42.1 Å². The minimum atomic E-state index is -4.08. The molecular formula is C26H35N6O10PS. The van der Waals surface area contributed by atoms with Crippen LogP contribution in [0.2, 0.25) is 0 Å². The summed E-state index contributed by atoms with van der Waals surface area (Å²) in [4.78, 5) is 46.6. The first-order valence-electron chi connectivity index (χ1n) is 13.5. The maximum absolute atomic E-state index is 13.8. The topological polar surface area (TPSA) is 230 Å². The normalized spacial score (nSPS) is 23.4. The van der Waals surface area contributed by atoms with E-state index in [1.54, 1.807) is 26.0 Å². The van der Waals surface area contributed by atoms with Crippen molar-refractivity contribution >= 4 is 48.2 Å². The number of imidazole rings is 1. The number of ether oxygens (including phenoxy) is 2. The summed E-state index contributed by atoms with van der Waals surface area (Å²) >= 11 is 0.923. The number of aliphatic hydroxyl groups excluding tert-OH is 2. The molecule has 0 bridgehead atoms. The molecule has 0 saturated carbocycles. The predicted octanol–water partition coefficient (Wildman–Crippen LogP) is 1.10. The number of carbonyl (C=O) groups excluding carboxylic acids is 2.